The molecule has 0 rings (SSSR count). The molecule has 0 radical (unpaired) electrons. The van der Waals surface area contributed by atoms with Crippen molar-refractivity contribution in [2.75, 3.05) is 0 Å². The first-order valence-electron chi connectivity index (χ1n) is 5.35. The molecule has 82 valence electrons. The second-order valence-corrected chi connectivity index (χ2v) is 6.21. The maximum atomic E-state index is 9.15. The average molecular weight is 325 g/mol. The third-order valence-electron chi connectivity index (χ3n) is 2.37. The number of alkyl halides is 2. The molecule has 0 aliphatic rings. The summed E-state index contributed by atoms with van der Waals surface area (Å²) < 4.78 is -0.363. The minimum atomic E-state index is -0.363. The molecule has 14 heavy (non-hydrogen) atoms. The van der Waals surface area contributed by atoms with E-state index in [2.05, 4.69) is 51.8 Å². The third kappa shape index (κ3) is 4.79. The van der Waals surface area contributed by atoms with E-state index in [1.165, 1.54) is 12.8 Å². The van der Waals surface area contributed by atoms with Crippen molar-refractivity contribution in [3.8, 4) is 6.07 Å². The summed E-state index contributed by atoms with van der Waals surface area (Å²) in [5, 5.41) is 9.15. The van der Waals surface area contributed by atoms with Crippen LogP contribution in [0.5, 0.6) is 0 Å². The minimum Gasteiger partial charge on any atom is -0.197 e. The first-order valence-corrected chi connectivity index (χ1v) is 7.05. The summed E-state index contributed by atoms with van der Waals surface area (Å²) in [6, 6.07) is 2.39. The Morgan fingerprint density at radius 2 is 1.93 bits per heavy atom. The highest BCUT2D eigenvalue weighted by molar-refractivity contribution is 9.12. The van der Waals surface area contributed by atoms with Gasteiger partial charge >= 0.3 is 0 Å². The van der Waals surface area contributed by atoms with E-state index in [1.54, 1.807) is 0 Å². The molecule has 0 saturated heterocycles. The molecule has 0 heterocycles. The summed E-state index contributed by atoms with van der Waals surface area (Å²) in [7, 11) is 0. The average Bonchev–Trinajstić information content (AvgIpc) is 2.18. The molecule has 2 unspecified atom stereocenters. The Morgan fingerprint density at radius 1 is 1.29 bits per heavy atom. The van der Waals surface area contributed by atoms with Crippen LogP contribution in [0.4, 0.5) is 0 Å². The lowest BCUT2D eigenvalue weighted by Crippen LogP contribution is -2.30. The lowest BCUT2D eigenvalue weighted by molar-refractivity contribution is 0.557. The Kier molecular flexibility index (Phi) is 7.95. The van der Waals surface area contributed by atoms with E-state index >= 15 is 0 Å². The Hall–Kier alpha value is 0.450. The Morgan fingerprint density at radius 3 is 2.36 bits per heavy atom. The lowest BCUT2D eigenvalue weighted by atomic mass is 9.96. The van der Waals surface area contributed by atoms with Crippen LogP contribution in [-0.2, 0) is 0 Å². The van der Waals surface area contributed by atoms with E-state index < -0.39 is 0 Å². The van der Waals surface area contributed by atoms with Crippen LogP contribution < -0.4 is 0 Å². The topological polar surface area (TPSA) is 23.8 Å². The van der Waals surface area contributed by atoms with E-state index in [4.69, 9.17) is 5.26 Å². The molecule has 0 N–H and O–H groups in total. The summed E-state index contributed by atoms with van der Waals surface area (Å²) in [5.41, 5.74) is 0. The zero-order valence-electron chi connectivity index (χ0n) is 9.02. The van der Waals surface area contributed by atoms with E-state index in [-0.39, 0.29) is 9.15 Å². The van der Waals surface area contributed by atoms with Crippen molar-refractivity contribution in [3.63, 3.8) is 0 Å². The molecule has 0 bridgehead atoms. The molecule has 0 aromatic heterocycles. The normalized spacial score (nSPS) is 17.1. The second-order valence-electron chi connectivity index (χ2n) is 3.69. The zero-order valence-corrected chi connectivity index (χ0v) is 12.2. The number of unbranched alkanes of at least 4 members (excludes halogenated alkanes) is 2. The van der Waals surface area contributed by atoms with Crippen molar-refractivity contribution >= 4 is 31.9 Å². The number of halogens is 2. The van der Waals surface area contributed by atoms with Crippen LogP contribution in [0.15, 0.2) is 0 Å². The zero-order chi connectivity index (χ0) is 11.0. The summed E-state index contributed by atoms with van der Waals surface area (Å²) in [5.74, 6) is 0. The van der Waals surface area contributed by atoms with Crippen molar-refractivity contribution in [2.45, 2.75) is 61.5 Å². The number of nitrogens with zero attached hydrogens (tertiary/aromatic N) is 1. The van der Waals surface area contributed by atoms with Gasteiger partial charge in [0, 0.05) is 4.83 Å². The van der Waals surface area contributed by atoms with Crippen LogP contribution >= 0.6 is 31.9 Å². The van der Waals surface area contributed by atoms with Gasteiger partial charge in [-0.3, -0.25) is 0 Å². The minimum absolute atomic E-state index is 0.266. The van der Waals surface area contributed by atoms with E-state index in [0.717, 1.165) is 25.7 Å². The van der Waals surface area contributed by atoms with Crippen LogP contribution in [0.1, 0.15) is 52.4 Å². The van der Waals surface area contributed by atoms with Gasteiger partial charge < -0.3 is 0 Å². The van der Waals surface area contributed by atoms with Gasteiger partial charge in [-0.05, 0) is 12.8 Å². The van der Waals surface area contributed by atoms with Gasteiger partial charge in [0.05, 0.1) is 6.07 Å². The molecular weight excluding hydrogens is 306 g/mol. The first kappa shape index (κ1) is 14.5. The van der Waals surface area contributed by atoms with Gasteiger partial charge in [-0.2, -0.15) is 5.26 Å². The molecule has 3 heteroatoms. The largest absolute Gasteiger partial charge is 0.197 e. The molecule has 0 aliphatic heterocycles. The highest BCUT2D eigenvalue weighted by Gasteiger charge is 2.33. The van der Waals surface area contributed by atoms with Gasteiger partial charge in [-0.1, -0.05) is 71.4 Å². The van der Waals surface area contributed by atoms with Crippen molar-refractivity contribution in [2.24, 2.45) is 0 Å². The molecule has 0 aromatic rings. The predicted molar refractivity (Wildman–Crippen MR) is 69.0 cm³/mol. The molecule has 0 aromatic carbocycles. The number of hydrogen-bond acceptors (Lipinski definition) is 1. The number of nitriles is 1. The monoisotopic (exact) mass is 323 g/mol. The highest BCUT2D eigenvalue weighted by Crippen LogP contribution is 2.35. The smallest absolute Gasteiger partial charge is 0.124 e. The quantitative estimate of drug-likeness (QED) is 0.488. The maximum Gasteiger partial charge on any atom is 0.124 e. The molecule has 0 amide bonds. The van der Waals surface area contributed by atoms with Crippen molar-refractivity contribution in [1.82, 2.24) is 0 Å². The summed E-state index contributed by atoms with van der Waals surface area (Å²) in [6.45, 7) is 4.32. The molecule has 0 fully saturated rings. The fraction of sp³-hybridized carbons (Fsp3) is 0.909. The Balaban J connectivity index is 4.11. The first-order chi connectivity index (χ1) is 6.60. The number of rotatable bonds is 7. The molecule has 0 aliphatic carbocycles. The van der Waals surface area contributed by atoms with E-state index in [0.29, 0.717) is 0 Å². The molecule has 0 spiro atoms. The van der Waals surface area contributed by atoms with Gasteiger partial charge in [-0.25, -0.2) is 0 Å². The SMILES string of the molecule is CCCCCC(Br)(C#N)C(Br)CCC. The lowest BCUT2D eigenvalue weighted by Gasteiger charge is -2.25. The van der Waals surface area contributed by atoms with Crippen molar-refractivity contribution in [1.29, 1.82) is 5.26 Å². The number of hydrogen-bond donors (Lipinski definition) is 0. The van der Waals surface area contributed by atoms with Gasteiger partial charge in [0.1, 0.15) is 4.32 Å². The summed E-state index contributed by atoms with van der Waals surface area (Å²) in [6.07, 6.45) is 6.63. The molecule has 0 saturated carbocycles. The maximum absolute atomic E-state index is 9.15. The summed E-state index contributed by atoms with van der Waals surface area (Å²) >= 11 is 7.18. The van der Waals surface area contributed by atoms with Crippen LogP contribution in [-0.4, -0.2) is 9.15 Å². The molecule has 1 nitrogen and oxygen atoms in total. The second kappa shape index (κ2) is 7.70. The molecule has 2 atom stereocenters. The van der Waals surface area contributed by atoms with Crippen molar-refractivity contribution < 1.29 is 0 Å². The summed E-state index contributed by atoms with van der Waals surface area (Å²) in [4.78, 5) is 0.266. The van der Waals surface area contributed by atoms with Gasteiger partial charge in [0.25, 0.3) is 0 Å². The predicted octanol–water partition coefficient (Wildman–Crippen LogP) is 4.79. The van der Waals surface area contributed by atoms with Crippen molar-refractivity contribution in [3.05, 3.63) is 0 Å². The van der Waals surface area contributed by atoms with Crippen LogP contribution in [0.2, 0.25) is 0 Å². The highest BCUT2D eigenvalue weighted by atomic mass is 79.9. The van der Waals surface area contributed by atoms with Gasteiger partial charge in [0.15, 0.2) is 0 Å². The fourth-order valence-electron chi connectivity index (χ4n) is 1.40. The molecular formula is C11H19Br2N. The van der Waals surface area contributed by atoms with Crippen LogP contribution in [0.3, 0.4) is 0 Å². The Labute approximate surface area is 105 Å². The standard InChI is InChI=1S/C11H19Br2N/c1-3-5-6-8-11(13,9-14)10(12)7-4-2/h10H,3-8H2,1-2H3. The van der Waals surface area contributed by atoms with Crippen LogP contribution in [0.25, 0.3) is 0 Å². The van der Waals surface area contributed by atoms with Crippen LogP contribution in [0, 0.1) is 11.3 Å². The van der Waals surface area contributed by atoms with E-state index in [1.807, 2.05) is 0 Å². The van der Waals surface area contributed by atoms with Gasteiger partial charge in [-0.15, -0.1) is 0 Å². The van der Waals surface area contributed by atoms with E-state index in [9.17, 15) is 0 Å². The fourth-order valence-corrected chi connectivity index (χ4v) is 2.70. The Bertz CT molecular complexity index is 188. The third-order valence-corrected chi connectivity index (χ3v) is 5.35. The van der Waals surface area contributed by atoms with Gasteiger partial charge in [0.2, 0.25) is 0 Å².